The number of benzene rings is 2. The Morgan fingerprint density at radius 2 is 1.86 bits per heavy atom. The number of anilines is 1. The lowest BCUT2D eigenvalue weighted by molar-refractivity contribution is 0.368. The normalized spacial score (nSPS) is 19.6. The smallest absolute Gasteiger partial charge is 0.174 e. The molecule has 0 amide bonds. The first-order valence-corrected chi connectivity index (χ1v) is 6.98. The van der Waals surface area contributed by atoms with Gasteiger partial charge in [-0.25, -0.2) is 0 Å². The SMILES string of the molecule is N#CCOc1ccc(NC2CC(N)c3ccccc32)cc1. The van der Waals surface area contributed by atoms with Gasteiger partial charge in [-0.05, 0) is 41.8 Å². The highest BCUT2D eigenvalue weighted by atomic mass is 16.5. The molecule has 0 fully saturated rings. The lowest BCUT2D eigenvalue weighted by Gasteiger charge is -2.16. The molecule has 3 rings (SSSR count). The Labute approximate surface area is 124 Å². The van der Waals surface area contributed by atoms with E-state index in [-0.39, 0.29) is 18.7 Å². The second-order valence-corrected chi connectivity index (χ2v) is 5.14. The largest absolute Gasteiger partial charge is 0.479 e. The van der Waals surface area contributed by atoms with Crippen LogP contribution in [0.2, 0.25) is 0 Å². The van der Waals surface area contributed by atoms with Gasteiger partial charge in [0.05, 0.1) is 6.04 Å². The molecule has 2 aromatic rings. The lowest BCUT2D eigenvalue weighted by Crippen LogP contribution is -2.09. The van der Waals surface area contributed by atoms with E-state index in [2.05, 4.69) is 17.4 Å². The Balaban J connectivity index is 1.72. The van der Waals surface area contributed by atoms with Crippen molar-refractivity contribution in [2.45, 2.75) is 18.5 Å². The highest BCUT2D eigenvalue weighted by Gasteiger charge is 2.27. The van der Waals surface area contributed by atoms with Gasteiger partial charge in [-0.1, -0.05) is 24.3 Å². The molecule has 4 heteroatoms. The van der Waals surface area contributed by atoms with Crippen LogP contribution in [0.25, 0.3) is 0 Å². The van der Waals surface area contributed by atoms with E-state index in [4.69, 9.17) is 15.7 Å². The van der Waals surface area contributed by atoms with Gasteiger partial charge in [0.15, 0.2) is 6.61 Å². The number of nitrogens with two attached hydrogens (primary N) is 1. The summed E-state index contributed by atoms with van der Waals surface area (Å²) in [6.45, 7) is 0.0671. The monoisotopic (exact) mass is 279 g/mol. The molecule has 2 aromatic carbocycles. The number of nitrogens with one attached hydrogen (secondary N) is 1. The Morgan fingerprint density at radius 3 is 2.57 bits per heavy atom. The maximum absolute atomic E-state index is 8.49. The van der Waals surface area contributed by atoms with Crippen molar-refractivity contribution < 1.29 is 4.74 Å². The molecule has 2 atom stereocenters. The van der Waals surface area contributed by atoms with Crippen molar-refractivity contribution in [2.75, 3.05) is 11.9 Å². The second-order valence-electron chi connectivity index (χ2n) is 5.14. The molecular formula is C17H17N3O. The summed E-state index contributed by atoms with van der Waals surface area (Å²) in [7, 11) is 0. The first kappa shape index (κ1) is 13.5. The van der Waals surface area contributed by atoms with Crippen LogP contribution in [0.3, 0.4) is 0 Å². The van der Waals surface area contributed by atoms with Crippen LogP contribution in [0.15, 0.2) is 48.5 Å². The molecule has 0 aromatic heterocycles. The summed E-state index contributed by atoms with van der Waals surface area (Å²) in [6, 6.07) is 18.2. The fourth-order valence-corrected chi connectivity index (χ4v) is 2.77. The van der Waals surface area contributed by atoms with Gasteiger partial charge in [0.2, 0.25) is 0 Å². The third kappa shape index (κ3) is 2.83. The van der Waals surface area contributed by atoms with E-state index in [1.807, 2.05) is 42.5 Å². The number of nitrogens with zero attached hydrogens (tertiary/aromatic N) is 1. The molecular weight excluding hydrogens is 262 g/mol. The summed E-state index contributed by atoms with van der Waals surface area (Å²) < 4.78 is 5.24. The minimum absolute atomic E-state index is 0.0671. The van der Waals surface area contributed by atoms with Crippen molar-refractivity contribution in [1.82, 2.24) is 0 Å². The molecule has 0 saturated heterocycles. The predicted molar refractivity (Wildman–Crippen MR) is 81.9 cm³/mol. The highest BCUT2D eigenvalue weighted by molar-refractivity contribution is 5.51. The summed E-state index contributed by atoms with van der Waals surface area (Å²) in [5.74, 6) is 0.700. The Bertz CT molecular complexity index is 660. The first-order chi connectivity index (χ1) is 10.3. The van der Waals surface area contributed by atoms with E-state index in [0.29, 0.717) is 5.75 Å². The van der Waals surface area contributed by atoms with E-state index in [1.54, 1.807) is 0 Å². The molecule has 4 nitrogen and oxygen atoms in total. The van der Waals surface area contributed by atoms with Crippen molar-refractivity contribution in [3.05, 3.63) is 59.7 Å². The zero-order valence-corrected chi connectivity index (χ0v) is 11.6. The molecule has 3 N–H and O–H groups in total. The van der Waals surface area contributed by atoms with Crippen LogP contribution >= 0.6 is 0 Å². The fraction of sp³-hybridized carbons (Fsp3) is 0.235. The van der Waals surface area contributed by atoms with Gasteiger partial charge in [0, 0.05) is 11.7 Å². The second kappa shape index (κ2) is 5.86. The summed E-state index contributed by atoms with van der Waals surface area (Å²) in [6.07, 6.45) is 0.895. The van der Waals surface area contributed by atoms with E-state index in [9.17, 15) is 0 Å². The molecule has 1 aliphatic carbocycles. The van der Waals surface area contributed by atoms with Crippen molar-refractivity contribution in [1.29, 1.82) is 5.26 Å². The molecule has 1 aliphatic rings. The van der Waals surface area contributed by atoms with Crippen molar-refractivity contribution in [3.8, 4) is 11.8 Å². The summed E-state index contributed by atoms with van der Waals surface area (Å²) in [5.41, 5.74) is 9.70. The quantitative estimate of drug-likeness (QED) is 0.902. The molecule has 21 heavy (non-hydrogen) atoms. The van der Waals surface area contributed by atoms with E-state index >= 15 is 0 Å². The molecule has 0 aliphatic heterocycles. The Morgan fingerprint density at radius 1 is 1.14 bits per heavy atom. The average molecular weight is 279 g/mol. The third-order valence-corrected chi connectivity index (χ3v) is 3.76. The van der Waals surface area contributed by atoms with E-state index < -0.39 is 0 Å². The van der Waals surface area contributed by atoms with Gasteiger partial charge in [-0.2, -0.15) is 5.26 Å². The maximum Gasteiger partial charge on any atom is 0.174 e. The molecule has 0 radical (unpaired) electrons. The molecule has 0 bridgehead atoms. The van der Waals surface area contributed by atoms with Gasteiger partial charge >= 0.3 is 0 Å². The first-order valence-electron chi connectivity index (χ1n) is 6.98. The van der Waals surface area contributed by atoms with Crippen LogP contribution in [-0.2, 0) is 0 Å². The topological polar surface area (TPSA) is 71.1 Å². The molecule has 0 heterocycles. The number of hydrogen-bond acceptors (Lipinski definition) is 4. The Kier molecular flexibility index (Phi) is 3.76. The van der Waals surface area contributed by atoms with Gasteiger partial charge < -0.3 is 15.8 Å². The van der Waals surface area contributed by atoms with Gasteiger partial charge in [-0.15, -0.1) is 0 Å². The zero-order valence-electron chi connectivity index (χ0n) is 11.6. The van der Waals surface area contributed by atoms with Crippen LogP contribution < -0.4 is 15.8 Å². The van der Waals surface area contributed by atoms with Crippen molar-refractivity contribution >= 4 is 5.69 Å². The summed E-state index contributed by atoms with van der Waals surface area (Å²) >= 11 is 0. The number of hydrogen-bond donors (Lipinski definition) is 2. The summed E-state index contributed by atoms with van der Waals surface area (Å²) in [5, 5.41) is 12.0. The standard InChI is InChI=1S/C17H17N3O/c18-9-10-21-13-7-5-12(6-8-13)20-17-11-16(19)14-3-1-2-4-15(14)17/h1-8,16-17,20H,10-11,19H2. The van der Waals surface area contributed by atoms with E-state index in [0.717, 1.165) is 12.1 Å². The minimum Gasteiger partial charge on any atom is -0.479 e. The summed E-state index contributed by atoms with van der Waals surface area (Å²) in [4.78, 5) is 0. The highest BCUT2D eigenvalue weighted by Crippen LogP contribution is 2.39. The molecule has 0 spiro atoms. The van der Waals surface area contributed by atoms with Gasteiger partial charge in [0.25, 0.3) is 0 Å². The van der Waals surface area contributed by atoms with Crippen molar-refractivity contribution in [2.24, 2.45) is 5.73 Å². The average Bonchev–Trinajstić information content (AvgIpc) is 2.83. The molecule has 0 saturated carbocycles. The van der Waals surface area contributed by atoms with Crippen LogP contribution in [-0.4, -0.2) is 6.61 Å². The van der Waals surface area contributed by atoms with E-state index in [1.165, 1.54) is 11.1 Å². The zero-order chi connectivity index (χ0) is 14.7. The van der Waals surface area contributed by atoms with Crippen LogP contribution in [0.1, 0.15) is 29.6 Å². The van der Waals surface area contributed by atoms with Gasteiger partial charge in [-0.3, -0.25) is 0 Å². The molecule has 2 unspecified atom stereocenters. The minimum atomic E-state index is 0.0671. The number of nitriles is 1. The van der Waals surface area contributed by atoms with Gasteiger partial charge in [0.1, 0.15) is 11.8 Å². The maximum atomic E-state index is 8.49. The predicted octanol–water partition coefficient (Wildman–Crippen LogP) is 3.15. The molecule has 106 valence electrons. The Hall–Kier alpha value is -2.51. The van der Waals surface area contributed by atoms with Crippen LogP contribution in [0.4, 0.5) is 5.69 Å². The number of ether oxygens (including phenoxy) is 1. The van der Waals surface area contributed by atoms with Crippen LogP contribution in [0.5, 0.6) is 5.75 Å². The van der Waals surface area contributed by atoms with Crippen LogP contribution in [0, 0.1) is 11.3 Å². The number of rotatable bonds is 4. The lowest BCUT2D eigenvalue weighted by atomic mass is 10.1. The fourth-order valence-electron chi connectivity index (χ4n) is 2.77. The van der Waals surface area contributed by atoms with Crippen molar-refractivity contribution in [3.63, 3.8) is 0 Å². The number of fused-ring (bicyclic) bond motifs is 1. The third-order valence-electron chi connectivity index (χ3n) is 3.76.